The van der Waals surface area contributed by atoms with Crippen molar-refractivity contribution in [2.75, 3.05) is 5.32 Å². The van der Waals surface area contributed by atoms with Crippen molar-refractivity contribution in [1.82, 2.24) is 10.3 Å². The van der Waals surface area contributed by atoms with Gasteiger partial charge in [-0.2, -0.15) is 0 Å². The second-order valence-electron chi connectivity index (χ2n) is 9.60. The van der Waals surface area contributed by atoms with Crippen molar-refractivity contribution in [3.05, 3.63) is 52.3 Å². The summed E-state index contributed by atoms with van der Waals surface area (Å²) in [5, 5.41) is 16.5. The Morgan fingerprint density at radius 3 is 2.55 bits per heavy atom. The van der Waals surface area contributed by atoms with Gasteiger partial charge in [0, 0.05) is 16.9 Å². The van der Waals surface area contributed by atoms with Crippen LogP contribution in [0.5, 0.6) is 0 Å². The van der Waals surface area contributed by atoms with Gasteiger partial charge < -0.3 is 20.7 Å². The van der Waals surface area contributed by atoms with E-state index in [0.29, 0.717) is 24.2 Å². The van der Waals surface area contributed by atoms with Gasteiger partial charge in [-0.15, -0.1) is 0 Å². The summed E-state index contributed by atoms with van der Waals surface area (Å²) in [6, 6.07) is 6.97. The standard InChI is InChI=1S/C25H35N3O3/c1-6-7-8-18(23(30)26-17-11-9-15(2)10-12-17)28-24(31)22-16(3)21-19(27-22)13-25(4,5)14-20(21)29/h9-12,18,20,27,29H,6-8,13-14H2,1-5H3,(H,26,30)(H,28,31). The van der Waals surface area contributed by atoms with Crippen LogP contribution < -0.4 is 10.6 Å². The number of aliphatic hydroxyl groups is 1. The Hall–Kier alpha value is -2.60. The minimum absolute atomic E-state index is 0.0327. The number of aliphatic hydroxyl groups excluding tert-OH is 1. The van der Waals surface area contributed by atoms with Gasteiger partial charge in [0.2, 0.25) is 5.91 Å². The molecular formula is C25H35N3O3. The number of unbranched alkanes of at least 4 members (excludes halogenated alkanes) is 1. The third-order valence-electron chi connectivity index (χ3n) is 6.13. The van der Waals surface area contributed by atoms with E-state index in [0.717, 1.165) is 41.6 Å². The lowest BCUT2D eigenvalue weighted by atomic mass is 9.75. The van der Waals surface area contributed by atoms with E-state index in [1.54, 1.807) is 0 Å². The number of amides is 2. The van der Waals surface area contributed by atoms with Crippen molar-refractivity contribution in [3.8, 4) is 0 Å². The van der Waals surface area contributed by atoms with E-state index in [-0.39, 0.29) is 17.2 Å². The van der Waals surface area contributed by atoms with Gasteiger partial charge in [0.15, 0.2) is 0 Å². The van der Waals surface area contributed by atoms with E-state index in [1.807, 2.05) is 38.1 Å². The summed E-state index contributed by atoms with van der Waals surface area (Å²) in [5.74, 6) is -0.530. The molecule has 0 spiro atoms. The summed E-state index contributed by atoms with van der Waals surface area (Å²) in [5.41, 5.74) is 4.75. The Labute approximate surface area is 184 Å². The Balaban J connectivity index is 1.78. The maximum Gasteiger partial charge on any atom is 0.268 e. The first kappa shape index (κ1) is 23.1. The molecule has 0 radical (unpaired) electrons. The second-order valence-corrected chi connectivity index (χ2v) is 9.60. The third kappa shape index (κ3) is 5.37. The molecule has 0 saturated carbocycles. The van der Waals surface area contributed by atoms with E-state index >= 15 is 0 Å². The highest BCUT2D eigenvalue weighted by Crippen LogP contribution is 2.42. The van der Waals surface area contributed by atoms with E-state index in [2.05, 4.69) is 36.4 Å². The number of fused-ring (bicyclic) bond motifs is 1. The van der Waals surface area contributed by atoms with Crippen molar-refractivity contribution in [2.45, 2.75) is 78.9 Å². The lowest BCUT2D eigenvalue weighted by molar-refractivity contribution is -0.118. The molecule has 1 aromatic carbocycles. The van der Waals surface area contributed by atoms with Crippen molar-refractivity contribution in [2.24, 2.45) is 5.41 Å². The van der Waals surface area contributed by atoms with Gasteiger partial charge in [-0.1, -0.05) is 51.3 Å². The Kier molecular flexibility index (Phi) is 6.90. The third-order valence-corrected chi connectivity index (χ3v) is 6.13. The highest BCUT2D eigenvalue weighted by Gasteiger charge is 2.35. The molecule has 168 valence electrons. The molecule has 1 aromatic heterocycles. The average molecular weight is 426 g/mol. The molecule has 4 N–H and O–H groups in total. The van der Waals surface area contributed by atoms with Crippen molar-refractivity contribution < 1.29 is 14.7 Å². The number of aromatic amines is 1. The molecule has 0 saturated heterocycles. The summed E-state index contributed by atoms with van der Waals surface area (Å²) in [6.07, 6.45) is 3.19. The predicted octanol–water partition coefficient (Wildman–Crippen LogP) is 4.56. The van der Waals surface area contributed by atoms with Gasteiger partial charge in [0.05, 0.1) is 6.10 Å². The highest BCUT2D eigenvalue weighted by atomic mass is 16.3. The number of hydrogen-bond acceptors (Lipinski definition) is 3. The first-order valence-corrected chi connectivity index (χ1v) is 11.2. The summed E-state index contributed by atoms with van der Waals surface area (Å²) in [7, 11) is 0. The molecule has 6 nitrogen and oxygen atoms in total. The molecule has 1 aliphatic rings. The molecule has 6 heteroatoms. The number of aromatic nitrogens is 1. The van der Waals surface area contributed by atoms with Gasteiger partial charge in [-0.05, 0) is 56.2 Å². The van der Waals surface area contributed by atoms with E-state index in [1.165, 1.54) is 0 Å². The lowest BCUT2D eigenvalue weighted by Crippen LogP contribution is -2.44. The van der Waals surface area contributed by atoms with Crippen LogP contribution >= 0.6 is 0 Å². The van der Waals surface area contributed by atoms with E-state index in [4.69, 9.17) is 0 Å². The quantitative estimate of drug-likeness (QED) is 0.524. The monoisotopic (exact) mass is 425 g/mol. The summed E-state index contributed by atoms with van der Waals surface area (Å²) in [4.78, 5) is 29.3. The number of carbonyl (C=O) groups is 2. The minimum atomic E-state index is -0.630. The molecule has 1 heterocycles. The number of benzene rings is 1. The summed E-state index contributed by atoms with van der Waals surface area (Å²) >= 11 is 0. The molecule has 0 fully saturated rings. The topological polar surface area (TPSA) is 94.2 Å². The van der Waals surface area contributed by atoms with Crippen LogP contribution in [-0.4, -0.2) is 27.9 Å². The Morgan fingerprint density at radius 2 is 1.90 bits per heavy atom. The fourth-order valence-electron chi connectivity index (χ4n) is 4.44. The maximum atomic E-state index is 13.1. The smallest absolute Gasteiger partial charge is 0.268 e. The molecule has 2 aromatic rings. The number of aryl methyl sites for hydroxylation is 1. The largest absolute Gasteiger partial charge is 0.388 e. The molecule has 2 amide bonds. The molecule has 0 bridgehead atoms. The zero-order chi connectivity index (χ0) is 22.8. The number of rotatable bonds is 7. The zero-order valence-corrected chi connectivity index (χ0v) is 19.3. The number of anilines is 1. The highest BCUT2D eigenvalue weighted by molar-refractivity contribution is 6.01. The lowest BCUT2D eigenvalue weighted by Gasteiger charge is -2.33. The van der Waals surface area contributed by atoms with Gasteiger partial charge >= 0.3 is 0 Å². The molecular weight excluding hydrogens is 390 g/mol. The van der Waals surface area contributed by atoms with Crippen molar-refractivity contribution >= 4 is 17.5 Å². The van der Waals surface area contributed by atoms with Gasteiger partial charge in [0.1, 0.15) is 11.7 Å². The fraction of sp³-hybridized carbons (Fsp3) is 0.520. The normalized spacial score (nSPS) is 18.2. The van der Waals surface area contributed by atoms with E-state index in [9.17, 15) is 14.7 Å². The van der Waals surface area contributed by atoms with Crippen LogP contribution in [-0.2, 0) is 11.2 Å². The molecule has 3 rings (SSSR count). The number of nitrogens with one attached hydrogen (secondary N) is 3. The number of carbonyl (C=O) groups excluding carboxylic acids is 2. The van der Waals surface area contributed by atoms with Crippen molar-refractivity contribution in [3.63, 3.8) is 0 Å². The zero-order valence-electron chi connectivity index (χ0n) is 19.3. The van der Waals surface area contributed by atoms with Crippen LogP contribution in [0, 0.1) is 19.3 Å². The second kappa shape index (κ2) is 9.27. The van der Waals surface area contributed by atoms with Crippen LogP contribution in [0.15, 0.2) is 24.3 Å². The van der Waals surface area contributed by atoms with Crippen LogP contribution in [0.4, 0.5) is 5.69 Å². The molecule has 2 atom stereocenters. The maximum absolute atomic E-state index is 13.1. The van der Waals surface area contributed by atoms with Crippen LogP contribution in [0.1, 0.15) is 85.4 Å². The Morgan fingerprint density at radius 1 is 1.23 bits per heavy atom. The number of H-pyrrole nitrogens is 1. The SMILES string of the molecule is CCCCC(NC(=O)c1[nH]c2c(c1C)C(O)CC(C)(C)C2)C(=O)Nc1ccc(C)cc1. The van der Waals surface area contributed by atoms with Gasteiger partial charge in [0.25, 0.3) is 5.91 Å². The fourth-order valence-corrected chi connectivity index (χ4v) is 4.44. The van der Waals surface area contributed by atoms with Gasteiger partial charge in [-0.3, -0.25) is 9.59 Å². The first-order valence-electron chi connectivity index (χ1n) is 11.2. The minimum Gasteiger partial charge on any atom is -0.388 e. The van der Waals surface area contributed by atoms with Crippen LogP contribution in [0.3, 0.4) is 0 Å². The molecule has 0 aliphatic heterocycles. The number of hydrogen-bond donors (Lipinski definition) is 4. The first-order chi connectivity index (χ1) is 14.6. The van der Waals surface area contributed by atoms with E-state index < -0.39 is 12.1 Å². The average Bonchev–Trinajstić information content (AvgIpc) is 3.02. The van der Waals surface area contributed by atoms with Crippen LogP contribution in [0.2, 0.25) is 0 Å². The Bertz CT molecular complexity index is 944. The van der Waals surface area contributed by atoms with Crippen LogP contribution in [0.25, 0.3) is 0 Å². The van der Waals surface area contributed by atoms with Crippen molar-refractivity contribution in [1.29, 1.82) is 0 Å². The summed E-state index contributed by atoms with van der Waals surface area (Å²) in [6.45, 7) is 10.1. The molecule has 2 unspecified atom stereocenters. The molecule has 1 aliphatic carbocycles. The summed E-state index contributed by atoms with van der Waals surface area (Å²) < 4.78 is 0. The van der Waals surface area contributed by atoms with Gasteiger partial charge in [-0.25, -0.2) is 0 Å². The predicted molar refractivity (Wildman–Crippen MR) is 123 cm³/mol. The molecule has 31 heavy (non-hydrogen) atoms.